The number of rotatable bonds is 2. The quantitative estimate of drug-likeness (QED) is 0.601. The highest BCUT2D eigenvalue weighted by molar-refractivity contribution is 6.35. The van der Waals surface area contributed by atoms with Crippen molar-refractivity contribution in [2.75, 3.05) is 7.11 Å². The summed E-state index contributed by atoms with van der Waals surface area (Å²) in [6.45, 7) is 0. The Morgan fingerprint density at radius 3 is 2.52 bits per heavy atom. The number of pyridine rings is 1. The number of benzene rings is 2. The zero-order valence-corrected chi connectivity index (χ0v) is 16.5. The molecule has 0 fully saturated rings. The van der Waals surface area contributed by atoms with Gasteiger partial charge in [0.25, 0.3) is 0 Å². The summed E-state index contributed by atoms with van der Waals surface area (Å²) in [6, 6.07) is 8.44. The van der Waals surface area contributed by atoms with Crippen LogP contribution < -0.4 is 10.2 Å². The monoisotopic (exact) mass is 421 g/mol. The van der Waals surface area contributed by atoms with E-state index in [2.05, 4.69) is 4.98 Å². The van der Waals surface area contributed by atoms with Gasteiger partial charge in [-0.25, -0.2) is 0 Å². The van der Waals surface area contributed by atoms with E-state index in [0.29, 0.717) is 43.8 Å². The van der Waals surface area contributed by atoms with Gasteiger partial charge in [-0.2, -0.15) is 0 Å². The van der Waals surface area contributed by atoms with Crippen LogP contribution in [-0.2, 0) is 6.42 Å². The van der Waals surface area contributed by atoms with Gasteiger partial charge in [-0.1, -0.05) is 40.9 Å². The minimum absolute atomic E-state index is 0.128. The summed E-state index contributed by atoms with van der Waals surface area (Å²) >= 11 is 18.4. The van der Waals surface area contributed by atoms with E-state index in [1.807, 2.05) is 6.07 Å². The lowest BCUT2D eigenvalue weighted by molar-refractivity contribution is 0.0962. The zero-order chi connectivity index (χ0) is 19.3. The molecule has 0 aliphatic heterocycles. The van der Waals surface area contributed by atoms with E-state index in [1.165, 1.54) is 13.2 Å². The summed E-state index contributed by atoms with van der Waals surface area (Å²) < 4.78 is 5.22. The first-order chi connectivity index (χ1) is 12.9. The molecule has 7 heteroatoms. The molecule has 1 unspecified atom stereocenters. The highest BCUT2D eigenvalue weighted by Gasteiger charge is 2.31. The number of carbonyl (C=O) groups excluding carboxylic acids is 1. The Kier molecular flexibility index (Phi) is 4.66. The fourth-order valence-corrected chi connectivity index (χ4v) is 4.45. The van der Waals surface area contributed by atoms with Gasteiger partial charge in [-0.3, -0.25) is 9.59 Å². The fraction of sp³-hybridized carbons (Fsp3) is 0.200. The Labute approximate surface area is 170 Å². The Morgan fingerprint density at radius 1 is 1.04 bits per heavy atom. The average Bonchev–Trinajstić information content (AvgIpc) is 2.61. The number of nitrogens with one attached hydrogen (secondary N) is 1. The number of aromatic amines is 1. The van der Waals surface area contributed by atoms with Crippen molar-refractivity contribution >= 4 is 51.5 Å². The van der Waals surface area contributed by atoms with Crippen LogP contribution in [0.1, 0.15) is 34.0 Å². The lowest BCUT2D eigenvalue weighted by Gasteiger charge is -2.25. The first kappa shape index (κ1) is 18.4. The first-order valence-electron chi connectivity index (χ1n) is 8.29. The Balaban J connectivity index is 1.87. The third kappa shape index (κ3) is 3.12. The van der Waals surface area contributed by atoms with E-state index in [9.17, 15) is 9.59 Å². The van der Waals surface area contributed by atoms with Crippen LogP contribution in [0.3, 0.4) is 0 Å². The molecule has 0 radical (unpaired) electrons. The number of hydrogen-bond donors (Lipinski definition) is 1. The van der Waals surface area contributed by atoms with Crippen LogP contribution in [0.2, 0.25) is 15.1 Å². The molecule has 1 aromatic heterocycles. The van der Waals surface area contributed by atoms with Gasteiger partial charge < -0.3 is 9.72 Å². The van der Waals surface area contributed by atoms with Crippen molar-refractivity contribution in [1.29, 1.82) is 0 Å². The molecule has 0 bridgehead atoms. The van der Waals surface area contributed by atoms with Gasteiger partial charge in [-0.15, -0.1) is 0 Å². The maximum absolute atomic E-state index is 12.9. The predicted octanol–water partition coefficient (Wildman–Crippen LogP) is 5.41. The van der Waals surface area contributed by atoms with Crippen LogP contribution >= 0.6 is 34.8 Å². The smallest absolute Gasteiger partial charge is 0.200 e. The van der Waals surface area contributed by atoms with Gasteiger partial charge >= 0.3 is 0 Å². The second-order valence-corrected chi connectivity index (χ2v) is 7.79. The second kappa shape index (κ2) is 6.86. The van der Waals surface area contributed by atoms with Crippen molar-refractivity contribution in [3.8, 4) is 5.75 Å². The molecule has 0 spiro atoms. The summed E-state index contributed by atoms with van der Waals surface area (Å²) in [5, 5.41) is 1.75. The molecule has 138 valence electrons. The molecule has 2 aromatic carbocycles. The number of ketones is 1. The number of aromatic nitrogens is 1. The molecule has 1 aliphatic rings. The largest absolute Gasteiger partial charge is 0.495 e. The third-order valence-electron chi connectivity index (χ3n) is 4.91. The van der Waals surface area contributed by atoms with Crippen LogP contribution in [0.25, 0.3) is 10.9 Å². The highest BCUT2D eigenvalue weighted by atomic mass is 35.5. The predicted molar refractivity (Wildman–Crippen MR) is 108 cm³/mol. The first-order valence-corrected chi connectivity index (χ1v) is 9.43. The molecular formula is C20H14Cl3NO3. The van der Waals surface area contributed by atoms with E-state index in [-0.39, 0.29) is 29.1 Å². The molecule has 0 saturated carbocycles. The molecule has 1 N–H and O–H groups in total. The van der Waals surface area contributed by atoms with Gasteiger partial charge in [-0.05, 0) is 36.1 Å². The topological polar surface area (TPSA) is 59.2 Å². The molecular weight excluding hydrogens is 409 g/mol. The van der Waals surface area contributed by atoms with Crippen LogP contribution in [0, 0.1) is 0 Å². The Hall–Kier alpha value is -2.01. The standard InChI is InChI=1S/C20H14Cl3NO3/c1-27-18-8-15-12(7-14(18)23)20(26)19-16(24-15)4-9(5-17(19)25)11-3-2-10(21)6-13(11)22/h2-3,6-9H,4-5H2,1H3,(H,24,26). The molecule has 3 aromatic rings. The van der Waals surface area contributed by atoms with E-state index >= 15 is 0 Å². The van der Waals surface area contributed by atoms with Gasteiger partial charge in [0, 0.05) is 33.6 Å². The van der Waals surface area contributed by atoms with Crippen LogP contribution in [0.15, 0.2) is 35.1 Å². The normalized spacial score (nSPS) is 16.4. The van der Waals surface area contributed by atoms with Gasteiger partial charge in [0.2, 0.25) is 5.43 Å². The number of fused-ring (bicyclic) bond motifs is 2. The maximum atomic E-state index is 12.9. The SMILES string of the molecule is COc1cc2[nH]c3c(c(=O)c2cc1Cl)C(=O)CC(c1ccc(Cl)cc1Cl)C3. The van der Waals surface area contributed by atoms with Crippen molar-refractivity contribution < 1.29 is 9.53 Å². The zero-order valence-electron chi connectivity index (χ0n) is 14.2. The fourth-order valence-electron chi connectivity index (χ4n) is 3.64. The minimum atomic E-state index is -0.311. The maximum Gasteiger partial charge on any atom is 0.200 e. The van der Waals surface area contributed by atoms with Crippen molar-refractivity contribution in [3.63, 3.8) is 0 Å². The average molecular weight is 423 g/mol. The van der Waals surface area contributed by atoms with E-state index in [4.69, 9.17) is 39.5 Å². The second-order valence-electron chi connectivity index (χ2n) is 6.53. The van der Waals surface area contributed by atoms with Gasteiger partial charge in [0.05, 0.1) is 23.2 Å². The van der Waals surface area contributed by atoms with Crippen LogP contribution in [0.4, 0.5) is 0 Å². The summed E-state index contributed by atoms with van der Waals surface area (Å²) in [6.07, 6.45) is 0.714. The molecule has 4 rings (SSSR count). The molecule has 27 heavy (non-hydrogen) atoms. The number of hydrogen-bond acceptors (Lipinski definition) is 3. The molecule has 1 aliphatic carbocycles. The number of methoxy groups -OCH3 is 1. The Morgan fingerprint density at radius 2 is 1.81 bits per heavy atom. The van der Waals surface area contributed by atoms with Gasteiger partial charge in [0.1, 0.15) is 5.75 Å². The molecule has 0 amide bonds. The lowest BCUT2D eigenvalue weighted by Crippen LogP contribution is -2.27. The van der Waals surface area contributed by atoms with Gasteiger partial charge in [0.15, 0.2) is 5.78 Å². The summed E-state index contributed by atoms with van der Waals surface area (Å²) in [7, 11) is 1.51. The summed E-state index contributed by atoms with van der Waals surface area (Å²) in [5.41, 5.74) is 1.91. The highest BCUT2D eigenvalue weighted by Crippen LogP contribution is 2.37. The van der Waals surface area contributed by atoms with Crippen LogP contribution in [0.5, 0.6) is 5.75 Å². The van der Waals surface area contributed by atoms with Crippen molar-refractivity contribution in [3.05, 3.63) is 72.4 Å². The number of halogens is 3. The molecule has 1 atom stereocenters. The number of Topliss-reactive ketones (excluding diaryl/α,β-unsaturated/α-hetero) is 1. The lowest BCUT2D eigenvalue weighted by atomic mass is 9.81. The summed E-state index contributed by atoms with van der Waals surface area (Å²) in [5.74, 6) is 0.124. The van der Waals surface area contributed by atoms with Crippen molar-refractivity contribution in [1.82, 2.24) is 4.98 Å². The number of ether oxygens (including phenoxy) is 1. The van der Waals surface area contributed by atoms with Crippen molar-refractivity contribution in [2.24, 2.45) is 0 Å². The minimum Gasteiger partial charge on any atom is -0.495 e. The van der Waals surface area contributed by atoms with Crippen molar-refractivity contribution in [2.45, 2.75) is 18.8 Å². The number of carbonyl (C=O) groups is 1. The number of H-pyrrole nitrogens is 1. The van der Waals surface area contributed by atoms with E-state index in [0.717, 1.165) is 5.56 Å². The van der Waals surface area contributed by atoms with Crippen LogP contribution in [-0.4, -0.2) is 17.9 Å². The van der Waals surface area contributed by atoms with E-state index in [1.54, 1.807) is 18.2 Å². The molecule has 1 heterocycles. The molecule has 4 nitrogen and oxygen atoms in total. The third-order valence-corrected chi connectivity index (χ3v) is 5.77. The summed E-state index contributed by atoms with van der Waals surface area (Å²) in [4.78, 5) is 28.9. The van der Waals surface area contributed by atoms with E-state index < -0.39 is 0 Å². The molecule has 0 saturated heterocycles. The Bertz CT molecular complexity index is 1150.